The molecule has 0 spiro atoms. The summed E-state index contributed by atoms with van der Waals surface area (Å²) in [6, 6.07) is 0. The van der Waals surface area contributed by atoms with Gasteiger partial charge in [0.05, 0.1) is 13.5 Å². The Morgan fingerprint density at radius 1 is 1.54 bits per heavy atom. The van der Waals surface area contributed by atoms with Crippen LogP contribution in [0.25, 0.3) is 0 Å². The van der Waals surface area contributed by atoms with E-state index in [0.29, 0.717) is 26.2 Å². The molecular formula is C9H17NO3. The number of nitrogens with two attached hydrogens (primary N) is 1. The lowest BCUT2D eigenvalue weighted by atomic mass is 9.77. The van der Waals surface area contributed by atoms with Gasteiger partial charge in [-0.2, -0.15) is 0 Å². The van der Waals surface area contributed by atoms with Gasteiger partial charge in [0.25, 0.3) is 0 Å². The monoisotopic (exact) mass is 187 g/mol. The largest absolute Gasteiger partial charge is 0.469 e. The van der Waals surface area contributed by atoms with E-state index in [-0.39, 0.29) is 11.4 Å². The molecule has 0 saturated carbocycles. The van der Waals surface area contributed by atoms with Crippen LogP contribution in [0, 0.1) is 5.41 Å². The lowest BCUT2D eigenvalue weighted by molar-refractivity contribution is -0.144. The van der Waals surface area contributed by atoms with Gasteiger partial charge in [0.1, 0.15) is 0 Å². The standard InChI is InChI=1S/C9H17NO3/c1-12-8(11)6-9(7-10)2-4-13-5-3-9/h2-7,10H2,1H3. The molecule has 4 heteroatoms. The molecule has 1 fully saturated rings. The summed E-state index contributed by atoms with van der Waals surface area (Å²) in [6.45, 7) is 1.94. The minimum absolute atomic E-state index is 0.0780. The number of carbonyl (C=O) groups excluding carboxylic acids is 1. The lowest BCUT2D eigenvalue weighted by Crippen LogP contribution is -2.38. The van der Waals surface area contributed by atoms with Crippen LogP contribution in [0.4, 0.5) is 0 Å². The van der Waals surface area contributed by atoms with Gasteiger partial charge in [-0.3, -0.25) is 4.79 Å². The highest BCUT2D eigenvalue weighted by molar-refractivity contribution is 5.70. The Morgan fingerprint density at radius 2 is 2.15 bits per heavy atom. The highest BCUT2D eigenvalue weighted by Crippen LogP contribution is 2.33. The molecule has 1 aliphatic rings. The van der Waals surface area contributed by atoms with E-state index >= 15 is 0 Å². The maximum Gasteiger partial charge on any atom is 0.306 e. The SMILES string of the molecule is COC(=O)CC1(CN)CCOCC1. The summed E-state index contributed by atoms with van der Waals surface area (Å²) in [6.07, 6.45) is 2.14. The van der Waals surface area contributed by atoms with Crippen molar-refractivity contribution < 1.29 is 14.3 Å². The summed E-state index contributed by atoms with van der Waals surface area (Å²) >= 11 is 0. The Hall–Kier alpha value is -0.610. The third kappa shape index (κ3) is 2.67. The van der Waals surface area contributed by atoms with Crippen LogP contribution in [0.2, 0.25) is 0 Å². The van der Waals surface area contributed by atoms with Crippen molar-refractivity contribution in [3.05, 3.63) is 0 Å². The quantitative estimate of drug-likeness (QED) is 0.646. The van der Waals surface area contributed by atoms with Crippen molar-refractivity contribution in [1.82, 2.24) is 0 Å². The number of ether oxygens (including phenoxy) is 2. The predicted octanol–water partition coefficient (Wildman–Crippen LogP) is 0.305. The number of hydrogen-bond acceptors (Lipinski definition) is 4. The second kappa shape index (κ2) is 4.58. The number of methoxy groups -OCH3 is 1. The molecule has 0 atom stereocenters. The van der Waals surface area contributed by atoms with E-state index in [1.807, 2.05) is 0 Å². The van der Waals surface area contributed by atoms with Crippen molar-refractivity contribution in [2.45, 2.75) is 19.3 Å². The third-order valence-corrected chi connectivity index (χ3v) is 2.73. The molecule has 1 rings (SSSR count). The molecule has 0 aromatic rings. The molecule has 76 valence electrons. The fourth-order valence-electron chi connectivity index (χ4n) is 1.64. The molecule has 13 heavy (non-hydrogen) atoms. The van der Waals surface area contributed by atoms with Crippen molar-refractivity contribution in [1.29, 1.82) is 0 Å². The first-order valence-corrected chi connectivity index (χ1v) is 4.57. The Morgan fingerprint density at radius 3 is 2.62 bits per heavy atom. The normalized spacial score (nSPS) is 21.1. The molecule has 2 N–H and O–H groups in total. The number of esters is 1. The predicted molar refractivity (Wildman–Crippen MR) is 48.2 cm³/mol. The number of rotatable bonds is 3. The summed E-state index contributed by atoms with van der Waals surface area (Å²) in [4.78, 5) is 11.1. The van der Waals surface area contributed by atoms with E-state index in [1.54, 1.807) is 0 Å². The second-order valence-corrected chi connectivity index (χ2v) is 3.57. The zero-order valence-electron chi connectivity index (χ0n) is 8.04. The van der Waals surface area contributed by atoms with Crippen LogP contribution in [-0.2, 0) is 14.3 Å². The first-order valence-electron chi connectivity index (χ1n) is 4.57. The Labute approximate surface area is 78.4 Å². The van der Waals surface area contributed by atoms with Gasteiger partial charge >= 0.3 is 5.97 Å². The molecule has 0 unspecified atom stereocenters. The topological polar surface area (TPSA) is 61.5 Å². The van der Waals surface area contributed by atoms with E-state index < -0.39 is 0 Å². The zero-order valence-corrected chi connectivity index (χ0v) is 8.04. The van der Waals surface area contributed by atoms with Crippen LogP contribution in [0.3, 0.4) is 0 Å². The molecule has 1 aliphatic heterocycles. The molecular weight excluding hydrogens is 170 g/mol. The van der Waals surface area contributed by atoms with Gasteiger partial charge in [-0.1, -0.05) is 0 Å². The van der Waals surface area contributed by atoms with E-state index in [1.165, 1.54) is 7.11 Å². The van der Waals surface area contributed by atoms with Crippen LogP contribution >= 0.6 is 0 Å². The summed E-state index contributed by atoms with van der Waals surface area (Å²) in [5.41, 5.74) is 5.60. The molecule has 4 nitrogen and oxygen atoms in total. The van der Waals surface area contributed by atoms with Crippen molar-refractivity contribution in [3.63, 3.8) is 0 Å². The summed E-state index contributed by atoms with van der Waals surface area (Å²) in [5.74, 6) is -0.174. The van der Waals surface area contributed by atoms with Gasteiger partial charge in [0.2, 0.25) is 0 Å². The highest BCUT2D eigenvalue weighted by Gasteiger charge is 2.33. The average molecular weight is 187 g/mol. The summed E-state index contributed by atoms with van der Waals surface area (Å²) in [5, 5.41) is 0. The van der Waals surface area contributed by atoms with Gasteiger partial charge in [0.15, 0.2) is 0 Å². The van der Waals surface area contributed by atoms with E-state index in [2.05, 4.69) is 4.74 Å². The van der Waals surface area contributed by atoms with Crippen molar-refractivity contribution in [2.24, 2.45) is 11.1 Å². The molecule has 0 aliphatic carbocycles. The minimum Gasteiger partial charge on any atom is -0.469 e. The smallest absolute Gasteiger partial charge is 0.306 e. The first-order chi connectivity index (χ1) is 6.22. The summed E-state index contributed by atoms with van der Waals surface area (Å²) < 4.78 is 9.88. The van der Waals surface area contributed by atoms with E-state index in [4.69, 9.17) is 10.5 Å². The Bertz CT molecular complexity index is 176. The van der Waals surface area contributed by atoms with Gasteiger partial charge < -0.3 is 15.2 Å². The zero-order chi connectivity index (χ0) is 9.73. The Kier molecular flexibility index (Phi) is 3.69. The van der Waals surface area contributed by atoms with Crippen LogP contribution in [0.1, 0.15) is 19.3 Å². The highest BCUT2D eigenvalue weighted by atomic mass is 16.5. The minimum atomic E-state index is -0.174. The summed E-state index contributed by atoms with van der Waals surface area (Å²) in [7, 11) is 1.41. The lowest BCUT2D eigenvalue weighted by Gasteiger charge is -2.34. The maximum absolute atomic E-state index is 11.1. The van der Waals surface area contributed by atoms with Crippen molar-refractivity contribution >= 4 is 5.97 Å². The van der Waals surface area contributed by atoms with Gasteiger partial charge in [-0.15, -0.1) is 0 Å². The molecule has 1 heterocycles. The number of hydrogen-bond donors (Lipinski definition) is 1. The molecule has 0 aromatic carbocycles. The van der Waals surface area contributed by atoms with E-state index in [0.717, 1.165) is 12.8 Å². The molecule has 0 aromatic heterocycles. The maximum atomic E-state index is 11.1. The van der Waals surface area contributed by atoms with Crippen LogP contribution in [0.15, 0.2) is 0 Å². The molecule has 1 saturated heterocycles. The fraction of sp³-hybridized carbons (Fsp3) is 0.889. The van der Waals surface area contributed by atoms with Gasteiger partial charge in [0, 0.05) is 13.2 Å². The second-order valence-electron chi connectivity index (χ2n) is 3.57. The van der Waals surface area contributed by atoms with Crippen LogP contribution < -0.4 is 5.73 Å². The van der Waals surface area contributed by atoms with Gasteiger partial charge in [-0.05, 0) is 24.8 Å². The Balaban J connectivity index is 2.52. The first kappa shape index (κ1) is 10.5. The average Bonchev–Trinajstić information content (AvgIpc) is 2.19. The van der Waals surface area contributed by atoms with Crippen molar-refractivity contribution in [3.8, 4) is 0 Å². The molecule has 0 amide bonds. The van der Waals surface area contributed by atoms with Gasteiger partial charge in [-0.25, -0.2) is 0 Å². The van der Waals surface area contributed by atoms with Crippen molar-refractivity contribution in [2.75, 3.05) is 26.9 Å². The van der Waals surface area contributed by atoms with Crippen LogP contribution in [-0.4, -0.2) is 32.8 Å². The molecule has 0 radical (unpaired) electrons. The van der Waals surface area contributed by atoms with E-state index in [9.17, 15) is 4.79 Å². The number of carbonyl (C=O) groups is 1. The molecule has 0 bridgehead atoms. The van der Waals surface area contributed by atoms with Crippen LogP contribution in [0.5, 0.6) is 0 Å². The fourth-order valence-corrected chi connectivity index (χ4v) is 1.64. The third-order valence-electron chi connectivity index (χ3n) is 2.73.